The van der Waals surface area contributed by atoms with Crippen molar-refractivity contribution in [2.75, 3.05) is 0 Å². The third-order valence-electron chi connectivity index (χ3n) is 2.16. The monoisotopic (exact) mass is 252 g/mol. The summed E-state index contributed by atoms with van der Waals surface area (Å²) in [7, 11) is 0. The fraction of sp³-hybridized carbons (Fsp3) is 0.385. The quantitative estimate of drug-likeness (QED) is 0.647. The number of hydrazone groups is 1. The van der Waals surface area contributed by atoms with Crippen LogP contribution in [0.15, 0.2) is 29.4 Å². The van der Waals surface area contributed by atoms with Gasteiger partial charge in [0.1, 0.15) is 0 Å². The molecule has 0 radical (unpaired) electrons. The van der Waals surface area contributed by atoms with Crippen molar-refractivity contribution >= 4 is 23.2 Å². The molecule has 92 valence electrons. The number of hydrogen-bond donors (Lipinski definition) is 1. The molecule has 0 aliphatic rings. The molecular formula is C13H17ClN2O. The van der Waals surface area contributed by atoms with Crippen molar-refractivity contribution in [3.63, 3.8) is 0 Å². The third kappa shape index (κ3) is 5.00. The van der Waals surface area contributed by atoms with Crippen molar-refractivity contribution in [3.05, 3.63) is 34.9 Å². The first-order valence-electron chi connectivity index (χ1n) is 5.58. The van der Waals surface area contributed by atoms with Crippen molar-refractivity contribution in [3.8, 4) is 0 Å². The molecule has 1 aromatic carbocycles. The van der Waals surface area contributed by atoms with Crippen LogP contribution in [0.2, 0.25) is 5.02 Å². The van der Waals surface area contributed by atoms with Gasteiger partial charge < -0.3 is 0 Å². The molecule has 0 heterocycles. The highest BCUT2D eigenvalue weighted by Crippen LogP contribution is 2.09. The fourth-order valence-corrected chi connectivity index (χ4v) is 1.57. The molecule has 0 aliphatic heterocycles. The summed E-state index contributed by atoms with van der Waals surface area (Å²) in [5.41, 5.74) is 4.00. The first-order valence-corrected chi connectivity index (χ1v) is 5.96. The largest absolute Gasteiger partial charge is 0.271 e. The highest BCUT2D eigenvalue weighted by molar-refractivity contribution is 6.30. The minimum atomic E-state index is -0.218. The Bertz CT molecular complexity index is 410. The van der Waals surface area contributed by atoms with E-state index in [-0.39, 0.29) is 5.91 Å². The zero-order chi connectivity index (χ0) is 12.8. The smallest absolute Gasteiger partial charge is 0.267 e. The summed E-state index contributed by atoms with van der Waals surface area (Å²) < 4.78 is 0. The minimum Gasteiger partial charge on any atom is -0.267 e. The van der Waals surface area contributed by atoms with Gasteiger partial charge in [-0.25, -0.2) is 5.43 Å². The molecule has 17 heavy (non-hydrogen) atoms. The molecule has 0 bridgehead atoms. The Morgan fingerprint density at radius 1 is 1.35 bits per heavy atom. The van der Waals surface area contributed by atoms with Gasteiger partial charge >= 0.3 is 0 Å². The van der Waals surface area contributed by atoms with Gasteiger partial charge in [-0.3, -0.25) is 4.79 Å². The van der Waals surface area contributed by atoms with E-state index in [2.05, 4.69) is 24.4 Å². The molecule has 0 atom stereocenters. The van der Waals surface area contributed by atoms with E-state index in [4.69, 9.17) is 11.6 Å². The number of carbonyl (C=O) groups excluding carboxylic acids is 1. The van der Waals surface area contributed by atoms with Gasteiger partial charge in [0.05, 0.1) is 0 Å². The lowest BCUT2D eigenvalue weighted by molar-refractivity contribution is 0.0954. The summed E-state index contributed by atoms with van der Waals surface area (Å²) in [5.74, 6) is 0.316. The number of amides is 1. The summed E-state index contributed by atoms with van der Waals surface area (Å²) in [6.07, 6.45) is 0.876. The Labute approximate surface area is 107 Å². The van der Waals surface area contributed by atoms with Gasteiger partial charge in [-0.1, -0.05) is 25.4 Å². The van der Waals surface area contributed by atoms with E-state index < -0.39 is 0 Å². The summed E-state index contributed by atoms with van der Waals surface area (Å²) in [4.78, 5) is 11.7. The Kier molecular flexibility index (Phi) is 5.16. The van der Waals surface area contributed by atoms with Crippen molar-refractivity contribution in [1.82, 2.24) is 5.43 Å². The summed E-state index contributed by atoms with van der Waals surface area (Å²) in [5, 5.41) is 4.66. The number of nitrogens with one attached hydrogen (secondary N) is 1. The van der Waals surface area contributed by atoms with Crippen LogP contribution in [0.5, 0.6) is 0 Å². The van der Waals surface area contributed by atoms with Crippen molar-refractivity contribution in [2.45, 2.75) is 27.2 Å². The summed E-state index contributed by atoms with van der Waals surface area (Å²) in [6, 6.07) is 6.71. The van der Waals surface area contributed by atoms with Crippen LogP contribution < -0.4 is 5.43 Å². The molecule has 0 saturated heterocycles. The third-order valence-corrected chi connectivity index (χ3v) is 2.41. The van der Waals surface area contributed by atoms with Crippen molar-refractivity contribution in [2.24, 2.45) is 11.0 Å². The zero-order valence-electron chi connectivity index (χ0n) is 10.3. The lowest BCUT2D eigenvalue weighted by atomic mass is 10.1. The highest BCUT2D eigenvalue weighted by atomic mass is 35.5. The van der Waals surface area contributed by atoms with Crippen LogP contribution >= 0.6 is 11.6 Å². The van der Waals surface area contributed by atoms with Gasteiger partial charge in [-0.05, 0) is 43.5 Å². The van der Waals surface area contributed by atoms with Crippen LogP contribution in [-0.4, -0.2) is 11.6 Å². The molecule has 0 aliphatic carbocycles. The van der Waals surface area contributed by atoms with Gasteiger partial charge in [0, 0.05) is 16.3 Å². The summed E-state index contributed by atoms with van der Waals surface area (Å²) in [6.45, 7) is 6.13. The molecule has 0 spiro atoms. The van der Waals surface area contributed by atoms with E-state index in [1.807, 2.05) is 6.92 Å². The van der Waals surface area contributed by atoms with Crippen LogP contribution in [0.4, 0.5) is 0 Å². The Morgan fingerprint density at radius 2 is 1.94 bits per heavy atom. The Hall–Kier alpha value is -1.35. The van der Waals surface area contributed by atoms with Gasteiger partial charge in [0.2, 0.25) is 0 Å². The van der Waals surface area contributed by atoms with E-state index in [0.717, 1.165) is 12.1 Å². The highest BCUT2D eigenvalue weighted by Gasteiger charge is 2.04. The van der Waals surface area contributed by atoms with Crippen molar-refractivity contribution in [1.29, 1.82) is 0 Å². The first kappa shape index (κ1) is 13.7. The number of nitrogens with zero attached hydrogens (tertiary/aromatic N) is 1. The second kappa shape index (κ2) is 6.40. The minimum absolute atomic E-state index is 0.218. The molecule has 3 nitrogen and oxygen atoms in total. The summed E-state index contributed by atoms with van der Waals surface area (Å²) >= 11 is 5.74. The lowest BCUT2D eigenvalue weighted by Crippen LogP contribution is -2.19. The van der Waals surface area contributed by atoms with Crippen LogP contribution in [0.1, 0.15) is 37.6 Å². The first-order chi connectivity index (χ1) is 7.99. The lowest BCUT2D eigenvalue weighted by Gasteiger charge is -2.05. The predicted molar refractivity (Wildman–Crippen MR) is 71.5 cm³/mol. The number of carbonyl (C=O) groups is 1. The second-order valence-electron chi connectivity index (χ2n) is 4.39. The number of benzene rings is 1. The van der Waals surface area contributed by atoms with Gasteiger partial charge in [0.25, 0.3) is 5.91 Å². The van der Waals surface area contributed by atoms with Crippen molar-refractivity contribution < 1.29 is 4.79 Å². The Morgan fingerprint density at radius 3 is 2.47 bits per heavy atom. The van der Waals surface area contributed by atoms with E-state index in [1.54, 1.807) is 24.3 Å². The second-order valence-corrected chi connectivity index (χ2v) is 4.83. The molecule has 1 N–H and O–H groups in total. The maximum atomic E-state index is 11.7. The average molecular weight is 253 g/mol. The number of hydrogen-bond acceptors (Lipinski definition) is 2. The molecule has 1 rings (SSSR count). The zero-order valence-corrected chi connectivity index (χ0v) is 11.1. The van der Waals surface area contributed by atoms with Crippen LogP contribution in [-0.2, 0) is 0 Å². The van der Waals surface area contributed by atoms with Gasteiger partial charge in [-0.15, -0.1) is 0 Å². The SMILES string of the molecule is CC(CC(C)C)=NNC(=O)c1ccc(Cl)cc1. The maximum Gasteiger partial charge on any atom is 0.271 e. The van der Waals surface area contributed by atoms with E-state index in [0.29, 0.717) is 16.5 Å². The molecule has 0 fully saturated rings. The Balaban J connectivity index is 2.58. The normalized spacial score (nSPS) is 11.7. The molecule has 1 aromatic rings. The molecule has 0 unspecified atom stereocenters. The molecule has 1 amide bonds. The average Bonchev–Trinajstić information content (AvgIpc) is 2.26. The molecule has 0 saturated carbocycles. The molecule has 0 aromatic heterocycles. The van der Waals surface area contributed by atoms with E-state index in [9.17, 15) is 4.79 Å². The maximum absolute atomic E-state index is 11.7. The number of halogens is 1. The number of rotatable bonds is 4. The van der Waals surface area contributed by atoms with E-state index in [1.165, 1.54) is 0 Å². The predicted octanol–water partition coefficient (Wildman–Crippen LogP) is 3.49. The van der Waals surface area contributed by atoms with Gasteiger partial charge in [-0.2, -0.15) is 5.10 Å². The van der Waals surface area contributed by atoms with E-state index >= 15 is 0 Å². The van der Waals surface area contributed by atoms with Gasteiger partial charge in [0.15, 0.2) is 0 Å². The molecular weight excluding hydrogens is 236 g/mol. The fourth-order valence-electron chi connectivity index (χ4n) is 1.45. The topological polar surface area (TPSA) is 41.5 Å². The van der Waals surface area contributed by atoms with Crippen LogP contribution in [0.3, 0.4) is 0 Å². The standard InChI is InChI=1S/C13H17ClN2O/c1-9(2)8-10(3)15-16-13(17)11-4-6-12(14)7-5-11/h4-7,9H,8H2,1-3H3,(H,16,17). The van der Waals surface area contributed by atoms with Crippen LogP contribution in [0, 0.1) is 5.92 Å². The van der Waals surface area contributed by atoms with Crippen LogP contribution in [0.25, 0.3) is 0 Å². The molecule has 4 heteroatoms.